The lowest BCUT2D eigenvalue weighted by Gasteiger charge is -2.22. The van der Waals surface area contributed by atoms with Crippen molar-refractivity contribution >= 4 is 5.69 Å². The Morgan fingerprint density at radius 1 is 1.38 bits per heavy atom. The van der Waals surface area contributed by atoms with Crippen LogP contribution in [0.1, 0.15) is 0 Å². The Morgan fingerprint density at radius 2 is 2.00 bits per heavy atom. The molecule has 7 nitrogen and oxygen atoms in total. The smallest absolute Gasteiger partial charge is 0.325 e. The Labute approximate surface area is 92.0 Å². The van der Waals surface area contributed by atoms with Crippen LogP contribution >= 0.6 is 0 Å². The van der Waals surface area contributed by atoms with Crippen molar-refractivity contribution in [2.24, 2.45) is 0 Å². The van der Waals surface area contributed by atoms with Crippen molar-refractivity contribution in [3.05, 3.63) is 27.0 Å². The molecule has 0 unspecified atom stereocenters. The number of hydrogen-bond acceptors (Lipinski definition) is 5. The van der Waals surface area contributed by atoms with Crippen molar-refractivity contribution in [1.82, 2.24) is 9.97 Å². The first-order valence-corrected chi connectivity index (χ1v) is 4.67. The molecule has 7 heteroatoms. The Bertz CT molecular complexity index is 435. The summed E-state index contributed by atoms with van der Waals surface area (Å²) in [6.45, 7) is 0.377. The zero-order valence-electron chi connectivity index (χ0n) is 9.44. The lowest BCUT2D eigenvalue weighted by Crippen LogP contribution is -2.36. The molecule has 0 aliphatic rings. The highest BCUT2D eigenvalue weighted by molar-refractivity contribution is 5.40. The van der Waals surface area contributed by atoms with E-state index in [0.717, 1.165) is 0 Å². The van der Waals surface area contributed by atoms with Crippen molar-refractivity contribution in [2.75, 3.05) is 32.7 Å². The predicted octanol–water partition coefficient (Wildman–Crippen LogP) is -0.882. The molecule has 16 heavy (non-hydrogen) atoms. The standard InChI is InChI=1S/C9H15N3O4/c1-12(5-7(15-2)16-3)6-4-10-9(14)11-8(6)13/h4,7H,5H2,1-3H3,(H2,10,11,13,14). The lowest BCUT2D eigenvalue weighted by atomic mass is 10.4. The molecule has 0 saturated heterocycles. The van der Waals surface area contributed by atoms with Gasteiger partial charge < -0.3 is 19.4 Å². The third kappa shape index (κ3) is 2.94. The highest BCUT2D eigenvalue weighted by Gasteiger charge is 2.12. The number of hydrogen-bond donors (Lipinski definition) is 2. The van der Waals surface area contributed by atoms with Crippen LogP contribution in [0.4, 0.5) is 5.69 Å². The van der Waals surface area contributed by atoms with Crippen molar-refractivity contribution < 1.29 is 9.47 Å². The molecule has 0 fully saturated rings. The van der Waals surface area contributed by atoms with Crippen LogP contribution in [-0.2, 0) is 9.47 Å². The molecule has 0 aliphatic heterocycles. The highest BCUT2D eigenvalue weighted by atomic mass is 16.7. The normalized spacial score (nSPS) is 10.8. The van der Waals surface area contributed by atoms with Gasteiger partial charge in [-0.2, -0.15) is 0 Å². The Balaban J connectivity index is 2.84. The maximum Gasteiger partial charge on any atom is 0.325 e. The molecular formula is C9H15N3O4. The van der Waals surface area contributed by atoms with E-state index in [2.05, 4.69) is 9.97 Å². The maximum absolute atomic E-state index is 11.4. The summed E-state index contributed by atoms with van der Waals surface area (Å²) in [6, 6.07) is 0. The predicted molar refractivity (Wildman–Crippen MR) is 58.8 cm³/mol. The maximum atomic E-state index is 11.4. The van der Waals surface area contributed by atoms with Gasteiger partial charge in [-0.1, -0.05) is 0 Å². The SMILES string of the molecule is COC(CN(C)c1c[nH]c(=O)[nH]c1=O)OC. The first-order valence-electron chi connectivity index (χ1n) is 4.67. The molecule has 0 aliphatic carbocycles. The zero-order valence-corrected chi connectivity index (χ0v) is 9.44. The number of aromatic nitrogens is 2. The van der Waals surface area contributed by atoms with E-state index in [9.17, 15) is 9.59 Å². The quantitative estimate of drug-likeness (QED) is 0.640. The summed E-state index contributed by atoms with van der Waals surface area (Å²) in [5.41, 5.74) is -0.631. The van der Waals surface area contributed by atoms with Gasteiger partial charge in [0.2, 0.25) is 0 Å². The molecule has 1 aromatic heterocycles. The number of nitrogens with zero attached hydrogens (tertiary/aromatic N) is 1. The number of methoxy groups -OCH3 is 2. The molecule has 0 bridgehead atoms. The number of nitrogens with one attached hydrogen (secondary N) is 2. The van der Waals surface area contributed by atoms with Gasteiger partial charge in [0.1, 0.15) is 5.69 Å². The second kappa shape index (κ2) is 5.47. The summed E-state index contributed by atoms with van der Waals surface area (Å²) < 4.78 is 10.0. The third-order valence-electron chi connectivity index (χ3n) is 2.16. The number of anilines is 1. The minimum Gasteiger partial charge on any atom is -0.364 e. The molecule has 1 heterocycles. The second-order valence-corrected chi connectivity index (χ2v) is 3.24. The molecule has 0 radical (unpaired) electrons. The zero-order chi connectivity index (χ0) is 12.1. The number of likely N-dealkylation sites (N-methyl/N-ethyl adjacent to an activating group) is 1. The van der Waals surface area contributed by atoms with E-state index in [1.807, 2.05) is 0 Å². The third-order valence-corrected chi connectivity index (χ3v) is 2.16. The molecule has 0 aromatic carbocycles. The van der Waals surface area contributed by atoms with Gasteiger partial charge in [-0.15, -0.1) is 0 Å². The van der Waals surface area contributed by atoms with Crippen LogP contribution in [0.25, 0.3) is 0 Å². The molecule has 0 spiro atoms. The molecule has 0 amide bonds. The van der Waals surface area contributed by atoms with E-state index in [1.165, 1.54) is 20.4 Å². The van der Waals surface area contributed by atoms with E-state index >= 15 is 0 Å². The van der Waals surface area contributed by atoms with Crippen LogP contribution in [0.15, 0.2) is 15.8 Å². The fraction of sp³-hybridized carbons (Fsp3) is 0.556. The summed E-state index contributed by atoms with van der Waals surface area (Å²) in [5.74, 6) is 0. The van der Waals surface area contributed by atoms with Crippen molar-refractivity contribution in [3.63, 3.8) is 0 Å². The van der Waals surface area contributed by atoms with E-state index in [0.29, 0.717) is 12.2 Å². The summed E-state index contributed by atoms with van der Waals surface area (Å²) in [7, 11) is 4.73. The highest BCUT2D eigenvalue weighted by Crippen LogP contribution is 2.03. The van der Waals surface area contributed by atoms with Gasteiger partial charge in [-0.3, -0.25) is 9.78 Å². The number of H-pyrrole nitrogens is 2. The van der Waals surface area contributed by atoms with Crippen molar-refractivity contribution in [3.8, 4) is 0 Å². The van der Waals surface area contributed by atoms with E-state index in [-0.39, 0.29) is 0 Å². The Kier molecular flexibility index (Phi) is 4.27. The summed E-state index contributed by atoms with van der Waals surface area (Å²) in [6.07, 6.45) is 0.917. The first kappa shape index (κ1) is 12.5. The van der Waals surface area contributed by atoms with Crippen LogP contribution in [0.3, 0.4) is 0 Å². The molecule has 2 N–H and O–H groups in total. The van der Waals surface area contributed by atoms with Crippen LogP contribution in [0.5, 0.6) is 0 Å². The monoisotopic (exact) mass is 229 g/mol. The summed E-state index contributed by atoms with van der Waals surface area (Å²) >= 11 is 0. The van der Waals surface area contributed by atoms with Gasteiger partial charge in [0.05, 0.1) is 6.54 Å². The van der Waals surface area contributed by atoms with Crippen LogP contribution in [0, 0.1) is 0 Å². The van der Waals surface area contributed by atoms with Gasteiger partial charge in [-0.25, -0.2) is 4.79 Å². The Hall–Kier alpha value is -1.60. The summed E-state index contributed by atoms with van der Waals surface area (Å²) in [4.78, 5) is 28.4. The molecule has 0 saturated carbocycles. The molecule has 1 aromatic rings. The average molecular weight is 229 g/mol. The molecule has 0 atom stereocenters. The number of ether oxygens (including phenoxy) is 2. The molecule has 90 valence electrons. The fourth-order valence-electron chi connectivity index (χ4n) is 1.25. The van der Waals surface area contributed by atoms with Crippen molar-refractivity contribution in [2.45, 2.75) is 6.29 Å². The van der Waals surface area contributed by atoms with Gasteiger partial charge in [0.15, 0.2) is 6.29 Å². The summed E-state index contributed by atoms with van der Waals surface area (Å²) in [5, 5.41) is 0. The fourth-order valence-corrected chi connectivity index (χ4v) is 1.25. The molecule has 1 rings (SSSR count). The van der Waals surface area contributed by atoms with Gasteiger partial charge in [0.25, 0.3) is 5.56 Å². The first-order chi connectivity index (χ1) is 7.58. The minimum atomic E-state index is -0.530. The second-order valence-electron chi connectivity index (χ2n) is 3.24. The van der Waals surface area contributed by atoms with Crippen LogP contribution in [-0.4, -0.2) is 44.1 Å². The van der Waals surface area contributed by atoms with Crippen LogP contribution < -0.4 is 16.1 Å². The van der Waals surface area contributed by atoms with E-state index in [1.54, 1.807) is 11.9 Å². The minimum absolute atomic E-state index is 0.346. The number of rotatable bonds is 5. The topological polar surface area (TPSA) is 87.4 Å². The van der Waals surface area contributed by atoms with Gasteiger partial charge >= 0.3 is 5.69 Å². The van der Waals surface area contributed by atoms with Gasteiger partial charge in [0, 0.05) is 27.5 Å². The largest absolute Gasteiger partial charge is 0.364 e. The van der Waals surface area contributed by atoms with Gasteiger partial charge in [-0.05, 0) is 0 Å². The van der Waals surface area contributed by atoms with E-state index in [4.69, 9.17) is 9.47 Å². The number of aromatic amines is 2. The molecular weight excluding hydrogens is 214 g/mol. The van der Waals surface area contributed by atoms with Crippen molar-refractivity contribution in [1.29, 1.82) is 0 Å². The average Bonchev–Trinajstić information content (AvgIpc) is 2.25. The lowest BCUT2D eigenvalue weighted by molar-refractivity contribution is -0.0944. The van der Waals surface area contributed by atoms with E-state index < -0.39 is 17.5 Å². The Morgan fingerprint density at radius 3 is 2.50 bits per heavy atom. The van der Waals surface area contributed by atoms with Crippen LogP contribution in [0.2, 0.25) is 0 Å².